The van der Waals surface area contributed by atoms with Crippen LogP contribution in [0.3, 0.4) is 0 Å². The molecule has 0 bridgehead atoms. The van der Waals surface area contributed by atoms with Gasteiger partial charge in [-0.3, -0.25) is 19.8 Å². The fraction of sp³-hybridized carbons (Fsp3) is 0.312. The molecule has 0 saturated carbocycles. The molecule has 7 nitrogen and oxygen atoms in total. The Morgan fingerprint density at radius 3 is 2.71 bits per heavy atom. The van der Waals surface area contributed by atoms with Gasteiger partial charge in [0.15, 0.2) is 5.76 Å². The van der Waals surface area contributed by atoms with Gasteiger partial charge in [0, 0.05) is 36.8 Å². The second-order valence-corrected chi connectivity index (χ2v) is 6.62. The van der Waals surface area contributed by atoms with Crippen molar-refractivity contribution in [2.45, 2.75) is 6.54 Å². The number of anilines is 1. The number of carbonyl (C=O) groups excluding carboxylic acids is 1. The first-order valence-corrected chi connectivity index (χ1v) is 8.72. The molecule has 1 aliphatic rings. The predicted octanol–water partition coefficient (Wildman–Crippen LogP) is 2.99. The summed E-state index contributed by atoms with van der Waals surface area (Å²) in [6.07, 6.45) is 0. The van der Waals surface area contributed by atoms with Gasteiger partial charge in [0.05, 0.1) is 6.07 Å². The van der Waals surface area contributed by atoms with Crippen LogP contribution in [0.25, 0.3) is 0 Å². The number of nitrogens with one attached hydrogen (secondary N) is 1. The molecule has 1 aliphatic heterocycles. The maximum absolute atomic E-state index is 12.3. The summed E-state index contributed by atoms with van der Waals surface area (Å²) in [5, 5.41) is 13.4. The number of carbonyl (C=O) groups is 1. The van der Waals surface area contributed by atoms with Gasteiger partial charge in [0.2, 0.25) is 0 Å². The van der Waals surface area contributed by atoms with Crippen LogP contribution in [0.2, 0.25) is 0 Å². The molecule has 0 atom stereocenters. The molecule has 3 rings (SSSR count). The zero-order chi connectivity index (χ0) is 16.9. The van der Waals surface area contributed by atoms with Gasteiger partial charge in [0.25, 0.3) is 5.91 Å². The highest BCUT2D eigenvalue weighted by molar-refractivity contribution is 7.99. The number of benzene rings is 1. The van der Waals surface area contributed by atoms with Crippen molar-refractivity contribution in [1.82, 2.24) is 4.90 Å². The first-order chi connectivity index (χ1) is 11.6. The summed E-state index contributed by atoms with van der Waals surface area (Å²) in [5.74, 6) is 1.21. The van der Waals surface area contributed by atoms with Crippen LogP contribution in [0.15, 0.2) is 40.8 Å². The Hall–Kier alpha value is -2.32. The van der Waals surface area contributed by atoms with Gasteiger partial charge in [-0.05, 0) is 17.7 Å². The molecule has 0 spiro atoms. The molecule has 1 fully saturated rings. The van der Waals surface area contributed by atoms with Crippen molar-refractivity contribution in [3.05, 3.63) is 57.8 Å². The fourth-order valence-electron chi connectivity index (χ4n) is 2.51. The summed E-state index contributed by atoms with van der Waals surface area (Å²) in [6, 6.07) is 10.0. The van der Waals surface area contributed by atoms with E-state index >= 15 is 0 Å². The van der Waals surface area contributed by atoms with E-state index in [4.69, 9.17) is 4.42 Å². The Bertz CT molecular complexity index is 740. The number of nitrogens with zero attached hydrogens (tertiary/aromatic N) is 2. The lowest BCUT2D eigenvalue weighted by Gasteiger charge is -2.27. The first-order valence-electron chi connectivity index (χ1n) is 7.57. The van der Waals surface area contributed by atoms with E-state index in [1.165, 1.54) is 12.1 Å². The number of para-hydroxylation sites is 1. The van der Waals surface area contributed by atoms with Gasteiger partial charge in [-0.2, -0.15) is 11.8 Å². The van der Waals surface area contributed by atoms with E-state index < -0.39 is 16.7 Å². The van der Waals surface area contributed by atoms with E-state index in [0.717, 1.165) is 36.7 Å². The van der Waals surface area contributed by atoms with Crippen LogP contribution in [0.4, 0.5) is 11.6 Å². The van der Waals surface area contributed by atoms with Crippen LogP contribution in [-0.4, -0.2) is 40.3 Å². The molecule has 1 aromatic heterocycles. The average molecular weight is 347 g/mol. The Labute approximate surface area is 143 Å². The van der Waals surface area contributed by atoms with E-state index in [-0.39, 0.29) is 5.76 Å². The van der Waals surface area contributed by atoms with Crippen molar-refractivity contribution in [2.24, 2.45) is 0 Å². The van der Waals surface area contributed by atoms with E-state index in [1.54, 1.807) is 0 Å². The number of hydrogen-bond donors (Lipinski definition) is 1. The Kier molecular flexibility index (Phi) is 5.17. The van der Waals surface area contributed by atoms with Gasteiger partial charge >= 0.3 is 5.88 Å². The van der Waals surface area contributed by atoms with E-state index in [0.29, 0.717) is 5.69 Å². The Morgan fingerprint density at radius 2 is 2.00 bits per heavy atom. The van der Waals surface area contributed by atoms with Crippen LogP contribution in [0, 0.1) is 10.1 Å². The van der Waals surface area contributed by atoms with Crippen LogP contribution < -0.4 is 5.32 Å². The highest BCUT2D eigenvalue weighted by atomic mass is 32.2. The first kappa shape index (κ1) is 16.5. The van der Waals surface area contributed by atoms with Crippen LogP contribution >= 0.6 is 11.8 Å². The number of thioether (sulfide) groups is 1. The molecule has 2 aromatic rings. The van der Waals surface area contributed by atoms with Crippen molar-refractivity contribution in [2.75, 3.05) is 29.9 Å². The summed E-state index contributed by atoms with van der Waals surface area (Å²) in [5.41, 5.74) is 1.71. The molecular formula is C16H17N3O4S. The van der Waals surface area contributed by atoms with E-state index in [1.807, 2.05) is 36.0 Å². The summed E-state index contributed by atoms with van der Waals surface area (Å²) in [7, 11) is 0. The minimum absolute atomic E-state index is 0.0779. The summed E-state index contributed by atoms with van der Waals surface area (Å²) < 4.78 is 4.94. The zero-order valence-electron chi connectivity index (χ0n) is 12.9. The molecular weight excluding hydrogens is 330 g/mol. The molecule has 2 heterocycles. The lowest BCUT2D eigenvalue weighted by atomic mass is 10.1. The second-order valence-electron chi connectivity index (χ2n) is 5.39. The lowest BCUT2D eigenvalue weighted by molar-refractivity contribution is -0.402. The van der Waals surface area contributed by atoms with Gasteiger partial charge in [-0.15, -0.1) is 0 Å². The molecule has 0 radical (unpaired) electrons. The summed E-state index contributed by atoms with van der Waals surface area (Å²) in [4.78, 5) is 24.6. The third-order valence-corrected chi connectivity index (χ3v) is 4.70. The van der Waals surface area contributed by atoms with Crippen LogP contribution in [-0.2, 0) is 6.54 Å². The molecule has 8 heteroatoms. The number of nitro groups is 1. The quantitative estimate of drug-likeness (QED) is 0.661. The number of furan rings is 1. The number of hydrogen-bond acceptors (Lipinski definition) is 6. The summed E-state index contributed by atoms with van der Waals surface area (Å²) in [6.45, 7) is 2.81. The molecule has 0 unspecified atom stereocenters. The van der Waals surface area contributed by atoms with Crippen LogP contribution in [0.1, 0.15) is 16.1 Å². The van der Waals surface area contributed by atoms with Gasteiger partial charge in [-0.25, -0.2) is 0 Å². The molecule has 0 aliphatic carbocycles. The van der Waals surface area contributed by atoms with Gasteiger partial charge in [0.1, 0.15) is 4.92 Å². The van der Waals surface area contributed by atoms with Gasteiger partial charge in [-0.1, -0.05) is 18.2 Å². The van der Waals surface area contributed by atoms with Crippen LogP contribution in [0.5, 0.6) is 0 Å². The van der Waals surface area contributed by atoms with Crippen molar-refractivity contribution in [1.29, 1.82) is 0 Å². The minimum Gasteiger partial charge on any atom is -0.395 e. The predicted molar refractivity (Wildman–Crippen MR) is 92.4 cm³/mol. The Balaban J connectivity index is 1.71. The number of rotatable bonds is 5. The lowest BCUT2D eigenvalue weighted by Crippen LogP contribution is -2.32. The third kappa shape index (κ3) is 3.95. The standard InChI is InChI=1S/C16H17N3O4S/c20-16(14-5-6-15(23-14)19(21)22)17-13-4-2-1-3-12(13)11-18-7-9-24-10-8-18/h1-6H,7-11H2,(H,17,20). The third-order valence-electron chi connectivity index (χ3n) is 3.76. The topological polar surface area (TPSA) is 88.6 Å². The molecule has 1 aromatic carbocycles. The molecule has 1 N–H and O–H groups in total. The fourth-order valence-corrected chi connectivity index (χ4v) is 3.49. The minimum atomic E-state index is -0.668. The monoisotopic (exact) mass is 347 g/mol. The van der Waals surface area contributed by atoms with Crippen molar-refractivity contribution in [3.63, 3.8) is 0 Å². The van der Waals surface area contributed by atoms with Crippen molar-refractivity contribution in [3.8, 4) is 0 Å². The SMILES string of the molecule is O=C(Nc1ccccc1CN1CCSCC1)c1ccc([N+](=O)[O-])o1. The van der Waals surface area contributed by atoms with E-state index in [2.05, 4.69) is 10.2 Å². The second kappa shape index (κ2) is 7.50. The highest BCUT2D eigenvalue weighted by Crippen LogP contribution is 2.22. The van der Waals surface area contributed by atoms with Gasteiger partial charge < -0.3 is 9.73 Å². The normalized spacial score (nSPS) is 15.2. The zero-order valence-corrected chi connectivity index (χ0v) is 13.8. The van der Waals surface area contributed by atoms with E-state index in [9.17, 15) is 14.9 Å². The smallest absolute Gasteiger partial charge is 0.395 e. The maximum atomic E-state index is 12.3. The Morgan fingerprint density at radius 1 is 1.25 bits per heavy atom. The largest absolute Gasteiger partial charge is 0.433 e. The average Bonchev–Trinajstić information content (AvgIpc) is 3.08. The van der Waals surface area contributed by atoms with Crippen molar-refractivity contribution < 1.29 is 14.1 Å². The number of amides is 1. The summed E-state index contributed by atoms with van der Waals surface area (Å²) >= 11 is 1.95. The molecule has 126 valence electrons. The molecule has 1 amide bonds. The highest BCUT2D eigenvalue weighted by Gasteiger charge is 2.19. The molecule has 1 saturated heterocycles. The molecule has 24 heavy (non-hydrogen) atoms. The maximum Gasteiger partial charge on any atom is 0.433 e. The van der Waals surface area contributed by atoms with Crippen molar-refractivity contribution >= 4 is 29.2 Å².